The quantitative estimate of drug-likeness (QED) is 0.549. The van der Waals surface area contributed by atoms with Crippen LogP contribution < -0.4 is 10.6 Å². The maximum atomic E-state index is 11.9. The largest absolute Gasteiger partial charge is 0.480 e. The van der Waals surface area contributed by atoms with Crippen molar-refractivity contribution in [3.8, 4) is 0 Å². The standard InChI is InChI=1S/C13H17N3O5/c1-3-13(4-2,11(17)18)15-12(19)14-9-6-5-7-10(8-9)16(20)21/h5-8H,3-4H2,1-2H3,(H,17,18)(H2,14,15,19). The number of benzene rings is 1. The summed E-state index contributed by atoms with van der Waals surface area (Å²) >= 11 is 0. The number of nitrogens with one attached hydrogen (secondary N) is 2. The molecule has 8 nitrogen and oxygen atoms in total. The number of rotatable bonds is 6. The van der Waals surface area contributed by atoms with E-state index in [1.165, 1.54) is 24.3 Å². The van der Waals surface area contributed by atoms with Crippen LogP contribution in [-0.4, -0.2) is 27.6 Å². The maximum Gasteiger partial charge on any atom is 0.329 e. The molecule has 0 unspecified atom stereocenters. The minimum absolute atomic E-state index is 0.164. The highest BCUT2D eigenvalue weighted by molar-refractivity contribution is 5.94. The van der Waals surface area contributed by atoms with Gasteiger partial charge in [-0.1, -0.05) is 19.9 Å². The van der Waals surface area contributed by atoms with Crippen LogP contribution in [0, 0.1) is 10.1 Å². The van der Waals surface area contributed by atoms with Crippen LogP contribution in [0.15, 0.2) is 24.3 Å². The summed E-state index contributed by atoms with van der Waals surface area (Å²) < 4.78 is 0. The first kappa shape index (κ1) is 16.4. The molecule has 3 N–H and O–H groups in total. The van der Waals surface area contributed by atoms with Crippen molar-refractivity contribution < 1.29 is 19.6 Å². The first-order valence-electron chi connectivity index (χ1n) is 6.41. The summed E-state index contributed by atoms with van der Waals surface area (Å²) in [5.41, 5.74) is -1.30. The maximum absolute atomic E-state index is 11.9. The van der Waals surface area contributed by atoms with Gasteiger partial charge in [-0.15, -0.1) is 0 Å². The fourth-order valence-corrected chi connectivity index (χ4v) is 1.86. The summed E-state index contributed by atoms with van der Waals surface area (Å²) in [5.74, 6) is -1.12. The van der Waals surface area contributed by atoms with Gasteiger partial charge in [0.25, 0.3) is 5.69 Å². The van der Waals surface area contributed by atoms with E-state index >= 15 is 0 Å². The third kappa shape index (κ3) is 3.91. The smallest absolute Gasteiger partial charge is 0.329 e. The Bertz CT molecular complexity index is 554. The molecule has 0 fully saturated rings. The Hall–Kier alpha value is -2.64. The van der Waals surface area contributed by atoms with Crippen LogP contribution in [0.25, 0.3) is 0 Å². The van der Waals surface area contributed by atoms with Gasteiger partial charge in [-0.3, -0.25) is 10.1 Å². The van der Waals surface area contributed by atoms with Gasteiger partial charge >= 0.3 is 12.0 Å². The van der Waals surface area contributed by atoms with Crippen molar-refractivity contribution in [1.82, 2.24) is 5.32 Å². The predicted molar refractivity (Wildman–Crippen MR) is 76.2 cm³/mol. The van der Waals surface area contributed by atoms with Gasteiger partial charge in [-0.2, -0.15) is 0 Å². The van der Waals surface area contributed by atoms with Crippen molar-refractivity contribution in [2.75, 3.05) is 5.32 Å². The average molecular weight is 295 g/mol. The number of anilines is 1. The van der Waals surface area contributed by atoms with E-state index in [2.05, 4.69) is 10.6 Å². The summed E-state index contributed by atoms with van der Waals surface area (Å²) in [5, 5.41) is 24.7. The number of nitro benzene ring substituents is 1. The van der Waals surface area contributed by atoms with Crippen LogP contribution in [0.2, 0.25) is 0 Å². The molecule has 0 saturated carbocycles. The number of amides is 2. The molecule has 1 rings (SSSR count). The van der Waals surface area contributed by atoms with Crippen molar-refractivity contribution in [1.29, 1.82) is 0 Å². The molecule has 2 amide bonds. The van der Waals surface area contributed by atoms with E-state index in [0.29, 0.717) is 0 Å². The number of hydrogen-bond acceptors (Lipinski definition) is 4. The molecule has 0 bridgehead atoms. The van der Waals surface area contributed by atoms with E-state index in [9.17, 15) is 24.8 Å². The Morgan fingerprint density at radius 1 is 1.33 bits per heavy atom. The molecular weight excluding hydrogens is 278 g/mol. The highest BCUT2D eigenvalue weighted by Gasteiger charge is 2.36. The zero-order valence-electron chi connectivity index (χ0n) is 11.8. The normalized spacial score (nSPS) is 10.8. The lowest BCUT2D eigenvalue weighted by atomic mass is 9.93. The fraction of sp³-hybridized carbons (Fsp3) is 0.385. The number of non-ortho nitro benzene ring substituents is 1. The van der Waals surface area contributed by atoms with E-state index in [1.807, 2.05) is 0 Å². The molecule has 0 saturated heterocycles. The topological polar surface area (TPSA) is 122 Å². The van der Waals surface area contributed by atoms with Gasteiger partial charge in [0.05, 0.1) is 4.92 Å². The first-order chi connectivity index (χ1) is 9.84. The van der Waals surface area contributed by atoms with Crippen LogP contribution in [-0.2, 0) is 4.79 Å². The van der Waals surface area contributed by atoms with Crippen LogP contribution in [0.3, 0.4) is 0 Å². The van der Waals surface area contributed by atoms with E-state index in [-0.39, 0.29) is 24.2 Å². The van der Waals surface area contributed by atoms with Crippen LogP contribution in [0.5, 0.6) is 0 Å². The average Bonchev–Trinajstić information content (AvgIpc) is 2.44. The predicted octanol–water partition coefficient (Wildman–Crippen LogP) is 2.36. The van der Waals surface area contributed by atoms with Crippen LogP contribution in [0.1, 0.15) is 26.7 Å². The Morgan fingerprint density at radius 3 is 2.43 bits per heavy atom. The van der Waals surface area contributed by atoms with Gasteiger partial charge in [0.1, 0.15) is 5.54 Å². The molecule has 21 heavy (non-hydrogen) atoms. The van der Waals surface area contributed by atoms with Crippen molar-refractivity contribution in [2.45, 2.75) is 32.2 Å². The Morgan fingerprint density at radius 2 is 1.95 bits per heavy atom. The number of carbonyl (C=O) groups is 2. The van der Waals surface area contributed by atoms with Crippen molar-refractivity contribution in [3.63, 3.8) is 0 Å². The number of hydrogen-bond donors (Lipinski definition) is 3. The summed E-state index contributed by atoms with van der Waals surface area (Å²) in [6.07, 6.45) is 0.447. The van der Waals surface area contributed by atoms with Gasteiger partial charge in [0.15, 0.2) is 0 Å². The Kier molecular flexibility index (Phi) is 5.23. The summed E-state index contributed by atoms with van der Waals surface area (Å²) in [7, 11) is 0. The number of urea groups is 1. The van der Waals surface area contributed by atoms with E-state index < -0.39 is 22.5 Å². The van der Waals surface area contributed by atoms with Gasteiger partial charge in [-0.05, 0) is 18.9 Å². The highest BCUT2D eigenvalue weighted by Crippen LogP contribution is 2.18. The molecule has 0 aliphatic heterocycles. The summed E-state index contributed by atoms with van der Waals surface area (Å²) in [4.78, 5) is 33.2. The molecule has 0 atom stereocenters. The van der Waals surface area contributed by atoms with Crippen molar-refractivity contribution >= 4 is 23.4 Å². The lowest BCUT2D eigenvalue weighted by Gasteiger charge is -2.28. The van der Waals surface area contributed by atoms with Crippen LogP contribution in [0.4, 0.5) is 16.2 Å². The zero-order valence-corrected chi connectivity index (χ0v) is 11.8. The summed E-state index contributed by atoms with van der Waals surface area (Å²) in [6, 6.07) is 4.68. The van der Waals surface area contributed by atoms with Crippen molar-refractivity contribution in [2.24, 2.45) is 0 Å². The van der Waals surface area contributed by atoms with Crippen LogP contribution >= 0.6 is 0 Å². The molecule has 8 heteroatoms. The SMILES string of the molecule is CCC(CC)(NC(=O)Nc1cccc([N+](=O)[O-])c1)C(=O)O. The molecule has 0 radical (unpaired) electrons. The monoisotopic (exact) mass is 295 g/mol. The number of carboxylic acids is 1. The lowest BCUT2D eigenvalue weighted by molar-refractivity contribution is -0.384. The minimum Gasteiger partial charge on any atom is -0.480 e. The fourth-order valence-electron chi connectivity index (χ4n) is 1.86. The lowest BCUT2D eigenvalue weighted by Crippen LogP contribution is -2.54. The summed E-state index contributed by atoms with van der Waals surface area (Å²) in [6.45, 7) is 3.32. The van der Waals surface area contributed by atoms with E-state index in [0.717, 1.165) is 0 Å². The van der Waals surface area contributed by atoms with E-state index in [4.69, 9.17) is 0 Å². The molecule has 0 aliphatic carbocycles. The van der Waals surface area contributed by atoms with Gasteiger partial charge < -0.3 is 15.7 Å². The number of nitro groups is 1. The Labute approximate surface area is 121 Å². The molecule has 0 spiro atoms. The molecule has 0 aromatic heterocycles. The third-order valence-electron chi connectivity index (χ3n) is 3.28. The third-order valence-corrected chi connectivity index (χ3v) is 3.28. The number of nitrogens with zero attached hydrogens (tertiary/aromatic N) is 1. The molecule has 1 aromatic rings. The Balaban J connectivity index is 2.84. The molecule has 0 aliphatic rings. The molecular formula is C13H17N3O5. The number of aliphatic carboxylic acids is 1. The van der Waals surface area contributed by atoms with Gasteiger partial charge in [0.2, 0.25) is 0 Å². The molecule has 0 heterocycles. The molecule has 114 valence electrons. The second-order valence-electron chi connectivity index (χ2n) is 4.48. The van der Waals surface area contributed by atoms with Gasteiger partial charge in [0, 0.05) is 17.8 Å². The highest BCUT2D eigenvalue weighted by atomic mass is 16.6. The first-order valence-corrected chi connectivity index (χ1v) is 6.41. The molecule has 1 aromatic carbocycles. The number of carboxylic acid groups (broad SMARTS) is 1. The van der Waals surface area contributed by atoms with Crippen molar-refractivity contribution in [3.05, 3.63) is 34.4 Å². The van der Waals surface area contributed by atoms with E-state index in [1.54, 1.807) is 13.8 Å². The van der Waals surface area contributed by atoms with Gasteiger partial charge in [-0.25, -0.2) is 9.59 Å². The zero-order chi connectivity index (χ0) is 16.0. The minimum atomic E-state index is -1.36. The number of carbonyl (C=O) groups excluding carboxylic acids is 1. The second-order valence-corrected chi connectivity index (χ2v) is 4.48. The second kappa shape index (κ2) is 6.69.